The molecule has 0 bridgehead atoms. The third-order valence-corrected chi connectivity index (χ3v) is 2.64. The summed E-state index contributed by atoms with van der Waals surface area (Å²) in [6, 6.07) is 0. The minimum absolute atomic E-state index is 0.204. The maximum atomic E-state index is 4.52. The molecule has 0 heterocycles. The normalized spacial score (nSPS) is 15.3. The summed E-state index contributed by atoms with van der Waals surface area (Å²) in [5, 5.41) is 0. The molecule has 0 aliphatic rings. The first-order valence-corrected chi connectivity index (χ1v) is 4.65. The molecule has 0 aliphatic heterocycles. The molecule has 1 atom stereocenters. The van der Waals surface area contributed by atoms with Gasteiger partial charge in [-0.05, 0) is 12.3 Å². The van der Waals surface area contributed by atoms with Gasteiger partial charge in [0.15, 0.2) is 0 Å². The molecule has 0 radical (unpaired) electrons. The van der Waals surface area contributed by atoms with E-state index in [0.717, 1.165) is 5.92 Å². The molecule has 0 N–H and O–H groups in total. The highest BCUT2D eigenvalue weighted by Crippen LogP contribution is 2.27. The fourth-order valence-corrected chi connectivity index (χ4v) is 0.993. The van der Waals surface area contributed by atoms with Gasteiger partial charge in [0, 0.05) is 4.75 Å². The fourth-order valence-electron chi connectivity index (χ4n) is 0.864. The summed E-state index contributed by atoms with van der Waals surface area (Å²) < 4.78 is 0.204. The van der Waals surface area contributed by atoms with E-state index in [9.17, 15) is 0 Å². The van der Waals surface area contributed by atoms with Crippen LogP contribution in [0.2, 0.25) is 0 Å². The van der Waals surface area contributed by atoms with Gasteiger partial charge < -0.3 is 0 Å². The highest BCUT2D eigenvalue weighted by Gasteiger charge is 2.19. The van der Waals surface area contributed by atoms with E-state index in [2.05, 4.69) is 40.3 Å². The zero-order chi connectivity index (χ0) is 8.20. The van der Waals surface area contributed by atoms with Crippen LogP contribution >= 0.6 is 12.6 Å². The van der Waals surface area contributed by atoms with Crippen molar-refractivity contribution in [2.45, 2.75) is 51.7 Å². The number of unbranched alkanes of at least 4 members (excludes halogenated alkanes) is 1. The van der Waals surface area contributed by atoms with Crippen LogP contribution in [0, 0.1) is 5.92 Å². The number of rotatable bonds is 4. The molecule has 1 heteroatoms. The fraction of sp³-hybridized carbons (Fsp3) is 1.00. The monoisotopic (exact) mass is 160 g/mol. The molecule has 0 saturated carbocycles. The lowest BCUT2D eigenvalue weighted by molar-refractivity contribution is 0.419. The van der Waals surface area contributed by atoms with E-state index in [1.54, 1.807) is 0 Å². The topological polar surface area (TPSA) is 0 Å². The summed E-state index contributed by atoms with van der Waals surface area (Å²) in [6.07, 6.45) is 3.95. The molecule has 0 aromatic heterocycles. The number of thiol groups is 1. The van der Waals surface area contributed by atoms with Crippen molar-refractivity contribution in [3.05, 3.63) is 0 Å². The van der Waals surface area contributed by atoms with E-state index in [-0.39, 0.29) is 4.75 Å². The summed E-state index contributed by atoms with van der Waals surface area (Å²) in [7, 11) is 0. The Kier molecular flexibility index (Phi) is 4.42. The molecule has 0 rings (SSSR count). The minimum Gasteiger partial charge on any atom is -0.173 e. The highest BCUT2D eigenvalue weighted by atomic mass is 32.1. The van der Waals surface area contributed by atoms with Gasteiger partial charge >= 0.3 is 0 Å². The lowest BCUT2D eigenvalue weighted by Gasteiger charge is -2.25. The van der Waals surface area contributed by atoms with Gasteiger partial charge in [-0.2, -0.15) is 12.6 Å². The average molecular weight is 160 g/mol. The molecule has 0 aliphatic carbocycles. The molecule has 0 amide bonds. The van der Waals surface area contributed by atoms with Crippen LogP contribution in [0.5, 0.6) is 0 Å². The maximum Gasteiger partial charge on any atom is 0.00987 e. The van der Waals surface area contributed by atoms with Crippen molar-refractivity contribution in [3.63, 3.8) is 0 Å². The Balaban J connectivity index is 3.52. The van der Waals surface area contributed by atoms with Gasteiger partial charge in [-0.1, -0.05) is 40.5 Å². The van der Waals surface area contributed by atoms with Crippen LogP contribution in [0.4, 0.5) is 0 Å². The van der Waals surface area contributed by atoms with Gasteiger partial charge in [-0.15, -0.1) is 0 Å². The van der Waals surface area contributed by atoms with E-state index < -0.39 is 0 Å². The second-order valence-electron chi connectivity index (χ2n) is 3.70. The van der Waals surface area contributed by atoms with Crippen molar-refractivity contribution in [2.75, 3.05) is 0 Å². The van der Waals surface area contributed by atoms with Gasteiger partial charge in [-0.3, -0.25) is 0 Å². The molecule has 0 spiro atoms. The zero-order valence-electron chi connectivity index (χ0n) is 7.65. The molecule has 62 valence electrons. The Labute approximate surface area is 70.8 Å². The van der Waals surface area contributed by atoms with Gasteiger partial charge in [0.1, 0.15) is 0 Å². The first-order valence-electron chi connectivity index (χ1n) is 4.20. The summed E-state index contributed by atoms with van der Waals surface area (Å²) in [5.41, 5.74) is 0. The molecular formula is C9H20S. The third-order valence-electron chi connectivity index (χ3n) is 2.20. The van der Waals surface area contributed by atoms with E-state index in [1.807, 2.05) is 0 Å². The molecule has 1 unspecified atom stereocenters. The molecule has 0 saturated heterocycles. The lowest BCUT2D eigenvalue weighted by atomic mass is 9.92. The zero-order valence-corrected chi connectivity index (χ0v) is 8.54. The summed E-state index contributed by atoms with van der Waals surface area (Å²) in [5.74, 6) is 0.732. The third kappa shape index (κ3) is 4.21. The van der Waals surface area contributed by atoms with E-state index in [1.165, 1.54) is 19.3 Å². The number of hydrogen-bond donors (Lipinski definition) is 1. The Hall–Kier alpha value is 0.350. The van der Waals surface area contributed by atoms with Crippen LogP contribution in [-0.4, -0.2) is 4.75 Å². The molecule has 10 heavy (non-hydrogen) atoms. The van der Waals surface area contributed by atoms with E-state index in [4.69, 9.17) is 0 Å². The van der Waals surface area contributed by atoms with Crippen LogP contribution in [0.1, 0.15) is 47.0 Å². The Morgan fingerprint density at radius 3 is 2.20 bits per heavy atom. The second-order valence-corrected chi connectivity index (χ2v) is 4.85. The quantitative estimate of drug-likeness (QED) is 0.598. The lowest BCUT2D eigenvalue weighted by Crippen LogP contribution is -2.21. The summed E-state index contributed by atoms with van der Waals surface area (Å²) in [4.78, 5) is 0. The standard InChI is InChI=1S/C9H20S/c1-5-6-7-8(2)9(3,4)10/h8,10H,5-7H2,1-4H3. The van der Waals surface area contributed by atoms with Crippen LogP contribution in [0.25, 0.3) is 0 Å². The molecule has 0 aromatic carbocycles. The van der Waals surface area contributed by atoms with Crippen molar-refractivity contribution in [3.8, 4) is 0 Å². The predicted molar refractivity (Wildman–Crippen MR) is 51.8 cm³/mol. The van der Waals surface area contributed by atoms with Gasteiger partial charge in [0.2, 0.25) is 0 Å². The van der Waals surface area contributed by atoms with E-state index >= 15 is 0 Å². The Bertz CT molecular complexity index is 81.2. The van der Waals surface area contributed by atoms with Crippen molar-refractivity contribution in [2.24, 2.45) is 5.92 Å². The number of hydrogen-bond acceptors (Lipinski definition) is 1. The van der Waals surface area contributed by atoms with Crippen LogP contribution in [-0.2, 0) is 0 Å². The molecule has 0 aromatic rings. The first kappa shape index (κ1) is 10.3. The predicted octanol–water partition coefficient (Wildman–Crippen LogP) is 3.52. The summed E-state index contributed by atoms with van der Waals surface area (Å²) >= 11 is 4.52. The minimum atomic E-state index is 0.204. The Morgan fingerprint density at radius 2 is 1.90 bits per heavy atom. The van der Waals surface area contributed by atoms with Gasteiger partial charge in [0.05, 0.1) is 0 Å². The molecular weight excluding hydrogens is 140 g/mol. The average Bonchev–Trinajstić information content (AvgIpc) is 1.80. The molecule has 0 nitrogen and oxygen atoms in total. The Morgan fingerprint density at radius 1 is 1.40 bits per heavy atom. The van der Waals surface area contributed by atoms with E-state index in [0.29, 0.717) is 0 Å². The smallest absolute Gasteiger partial charge is 0.00987 e. The van der Waals surface area contributed by atoms with Gasteiger partial charge in [-0.25, -0.2) is 0 Å². The second kappa shape index (κ2) is 4.27. The molecule has 0 fully saturated rings. The summed E-state index contributed by atoms with van der Waals surface area (Å²) in [6.45, 7) is 8.90. The van der Waals surface area contributed by atoms with Crippen molar-refractivity contribution in [1.29, 1.82) is 0 Å². The van der Waals surface area contributed by atoms with Crippen LogP contribution in [0.3, 0.4) is 0 Å². The van der Waals surface area contributed by atoms with Gasteiger partial charge in [0.25, 0.3) is 0 Å². The van der Waals surface area contributed by atoms with Crippen molar-refractivity contribution < 1.29 is 0 Å². The van der Waals surface area contributed by atoms with Crippen molar-refractivity contribution in [1.82, 2.24) is 0 Å². The van der Waals surface area contributed by atoms with Crippen molar-refractivity contribution >= 4 is 12.6 Å². The van der Waals surface area contributed by atoms with Crippen LogP contribution < -0.4 is 0 Å². The SMILES string of the molecule is CCCCC(C)C(C)(C)S. The maximum absolute atomic E-state index is 4.52. The van der Waals surface area contributed by atoms with Crippen LogP contribution in [0.15, 0.2) is 0 Å². The largest absolute Gasteiger partial charge is 0.173 e. The highest BCUT2D eigenvalue weighted by molar-refractivity contribution is 7.81. The first-order chi connectivity index (χ1) is 4.48.